The van der Waals surface area contributed by atoms with Crippen LogP contribution in [-0.4, -0.2) is 4.98 Å². The van der Waals surface area contributed by atoms with E-state index in [1.807, 2.05) is 32.0 Å². The zero-order chi connectivity index (χ0) is 10.1. The van der Waals surface area contributed by atoms with Gasteiger partial charge in [-0.15, -0.1) is 11.3 Å². The van der Waals surface area contributed by atoms with Crippen molar-refractivity contribution in [3.8, 4) is 11.1 Å². The van der Waals surface area contributed by atoms with Crippen LogP contribution in [0.1, 0.15) is 10.6 Å². The van der Waals surface area contributed by atoms with Gasteiger partial charge in [0.15, 0.2) is 5.13 Å². The Bertz CT molecular complexity index is 462. The van der Waals surface area contributed by atoms with Crippen LogP contribution in [0.2, 0.25) is 0 Å². The van der Waals surface area contributed by atoms with Crippen LogP contribution in [0.15, 0.2) is 24.4 Å². The Morgan fingerprint density at radius 3 is 2.64 bits per heavy atom. The summed E-state index contributed by atoms with van der Waals surface area (Å²) in [6.45, 7) is 3.81. The first-order chi connectivity index (χ1) is 6.66. The minimum atomic E-state index is -0.117. The summed E-state index contributed by atoms with van der Waals surface area (Å²) >= 11 is 1.18. The first kappa shape index (κ1) is 9.34. The molecule has 0 spiro atoms. The number of aromatic nitrogens is 1. The van der Waals surface area contributed by atoms with Crippen LogP contribution in [0.3, 0.4) is 0 Å². The van der Waals surface area contributed by atoms with Gasteiger partial charge in [-0.1, -0.05) is 0 Å². The molecule has 1 nitrogen and oxygen atoms in total. The molecule has 0 aromatic carbocycles. The molecular formula is C11H10FNS. The molecule has 0 aliphatic carbocycles. The minimum absolute atomic E-state index is 0.117. The van der Waals surface area contributed by atoms with E-state index in [9.17, 15) is 4.39 Å². The maximum absolute atomic E-state index is 13.4. The number of hydrogen-bond donors (Lipinski definition) is 0. The Balaban J connectivity index is 2.54. The third-order valence-corrected chi connectivity index (χ3v) is 2.86. The zero-order valence-electron chi connectivity index (χ0n) is 8.04. The number of rotatable bonds is 1. The second-order valence-electron chi connectivity index (χ2n) is 3.23. The van der Waals surface area contributed by atoms with Gasteiger partial charge in [-0.05, 0) is 37.6 Å². The first-order valence-corrected chi connectivity index (χ1v) is 5.17. The molecule has 2 heterocycles. The molecule has 0 atom stereocenters. The summed E-state index contributed by atoms with van der Waals surface area (Å²) in [5.74, 6) is 0. The quantitative estimate of drug-likeness (QED) is 0.696. The zero-order valence-corrected chi connectivity index (χ0v) is 8.86. The van der Waals surface area contributed by atoms with E-state index in [4.69, 9.17) is 0 Å². The van der Waals surface area contributed by atoms with Gasteiger partial charge in [-0.2, -0.15) is 4.39 Å². The van der Waals surface area contributed by atoms with Crippen molar-refractivity contribution in [3.63, 3.8) is 0 Å². The van der Waals surface area contributed by atoms with Gasteiger partial charge in [-0.25, -0.2) is 0 Å². The summed E-state index contributed by atoms with van der Waals surface area (Å²) in [5.41, 5.74) is 2.49. The molecule has 3 heteroatoms. The number of hydrogen-bond acceptors (Lipinski definition) is 2. The van der Waals surface area contributed by atoms with Crippen LogP contribution in [-0.2, 0) is 0 Å². The Morgan fingerprint density at radius 2 is 2.07 bits per heavy atom. The Morgan fingerprint density at radius 1 is 1.29 bits per heavy atom. The second kappa shape index (κ2) is 3.50. The van der Waals surface area contributed by atoms with Crippen molar-refractivity contribution in [2.24, 2.45) is 0 Å². The van der Waals surface area contributed by atoms with Crippen LogP contribution >= 0.6 is 11.3 Å². The molecule has 0 amide bonds. The van der Waals surface area contributed by atoms with Gasteiger partial charge in [-0.3, -0.25) is 4.98 Å². The van der Waals surface area contributed by atoms with Crippen LogP contribution in [0.5, 0.6) is 0 Å². The fraction of sp³-hybridized carbons (Fsp3) is 0.182. The standard InChI is InChI=1S/C11H10FNS/c1-7-5-9(3-4-13-7)10-6-8(2)14-11(10)12/h3-6H,1-2H3. The Hall–Kier alpha value is -1.22. The van der Waals surface area contributed by atoms with E-state index < -0.39 is 0 Å². The molecule has 0 saturated heterocycles. The molecule has 0 aliphatic rings. The van der Waals surface area contributed by atoms with E-state index >= 15 is 0 Å². The number of thiophene rings is 1. The second-order valence-corrected chi connectivity index (χ2v) is 4.44. The average Bonchev–Trinajstić information content (AvgIpc) is 2.45. The molecular weight excluding hydrogens is 197 g/mol. The predicted octanol–water partition coefficient (Wildman–Crippen LogP) is 3.57. The van der Waals surface area contributed by atoms with Gasteiger partial charge < -0.3 is 0 Å². The van der Waals surface area contributed by atoms with Crippen LogP contribution in [0.4, 0.5) is 4.39 Å². The van der Waals surface area contributed by atoms with Gasteiger partial charge >= 0.3 is 0 Å². The third-order valence-electron chi connectivity index (χ3n) is 2.02. The Labute approximate surface area is 86.2 Å². The largest absolute Gasteiger partial charge is 0.262 e. The lowest BCUT2D eigenvalue weighted by Crippen LogP contribution is -1.82. The highest BCUT2D eigenvalue weighted by Gasteiger charge is 2.08. The molecule has 0 saturated carbocycles. The lowest BCUT2D eigenvalue weighted by atomic mass is 10.1. The van der Waals surface area contributed by atoms with Crippen LogP contribution < -0.4 is 0 Å². The molecule has 2 aromatic rings. The van der Waals surface area contributed by atoms with E-state index in [2.05, 4.69) is 4.98 Å². The topological polar surface area (TPSA) is 12.9 Å². The van der Waals surface area contributed by atoms with E-state index in [0.29, 0.717) is 5.56 Å². The first-order valence-electron chi connectivity index (χ1n) is 4.36. The molecule has 0 N–H and O–H groups in total. The van der Waals surface area contributed by atoms with E-state index in [1.165, 1.54) is 11.3 Å². The third kappa shape index (κ3) is 1.68. The van der Waals surface area contributed by atoms with Gasteiger partial charge in [0.25, 0.3) is 0 Å². The Kier molecular flexibility index (Phi) is 2.33. The molecule has 72 valence electrons. The molecule has 0 aliphatic heterocycles. The van der Waals surface area contributed by atoms with Gasteiger partial charge in [0.05, 0.1) is 0 Å². The number of nitrogens with zero attached hydrogens (tertiary/aromatic N) is 1. The molecule has 0 fully saturated rings. The van der Waals surface area contributed by atoms with E-state index in [0.717, 1.165) is 16.1 Å². The van der Waals surface area contributed by atoms with Gasteiger partial charge in [0.1, 0.15) is 0 Å². The minimum Gasteiger partial charge on any atom is -0.262 e. The fourth-order valence-corrected chi connectivity index (χ4v) is 2.14. The highest BCUT2D eigenvalue weighted by molar-refractivity contribution is 7.10. The average molecular weight is 207 g/mol. The fourth-order valence-electron chi connectivity index (χ4n) is 1.40. The lowest BCUT2D eigenvalue weighted by molar-refractivity contribution is 0.660. The summed E-state index contributed by atoms with van der Waals surface area (Å²) in [7, 11) is 0. The van der Waals surface area contributed by atoms with Crippen molar-refractivity contribution < 1.29 is 4.39 Å². The van der Waals surface area contributed by atoms with Crippen LogP contribution in [0, 0.1) is 19.0 Å². The monoisotopic (exact) mass is 207 g/mol. The summed E-state index contributed by atoms with van der Waals surface area (Å²) < 4.78 is 13.4. The van der Waals surface area contributed by atoms with Crippen molar-refractivity contribution in [1.29, 1.82) is 0 Å². The lowest BCUT2D eigenvalue weighted by Gasteiger charge is -1.98. The van der Waals surface area contributed by atoms with Crippen molar-refractivity contribution in [2.45, 2.75) is 13.8 Å². The maximum atomic E-state index is 13.4. The van der Waals surface area contributed by atoms with Crippen LogP contribution in [0.25, 0.3) is 11.1 Å². The molecule has 0 unspecified atom stereocenters. The van der Waals surface area contributed by atoms with Crippen molar-refractivity contribution >= 4 is 11.3 Å². The number of halogens is 1. The number of pyridine rings is 1. The maximum Gasteiger partial charge on any atom is 0.184 e. The molecule has 2 aromatic heterocycles. The van der Waals surface area contributed by atoms with E-state index in [1.54, 1.807) is 6.20 Å². The summed E-state index contributed by atoms with van der Waals surface area (Å²) in [4.78, 5) is 5.08. The van der Waals surface area contributed by atoms with Crippen molar-refractivity contribution in [1.82, 2.24) is 4.98 Å². The van der Waals surface area contributed by atoms with Crippen molar-refractivity contribution in [2.75, 3.05) is 0 Å². The van der Waals surface area contributed by atoms with Gasteiger partial charge in [0.2, 0.25) is 0 Å². The molecule has 2 rings (SSSR count). The van der Waals surface area contributed by atoms with Crippen molar-refractivity contribution in [3.05, 3.63) is 40.1 Å². The molecule has 0 radical (unpaired) electrons. The summed E-state index contributed by atoms with van der Waals surface area (Å²) in [5, 5.41) is -0.117. The smallest absolute Gasteiger partial charge is 0.184 e. The summed E-state index contributed by atoms with van der Waals surface area (Å²) in [6, 6.07) is 5.59. The highest BCUT2D eigenvalue weighted by atomic mass is 32.1. The predicted molar refractivity (Wildman–Crippen MR) is 57.0 cm³/mol. The van der Waals surface area contributed by atoms with E-state index in [-0.39, 0.29) is 5.13 Å². The molecule has 14 heavy (non-hydrogen) atoms. The summed E-state index contributed by atoms with van der Waals surface area (Å²) in [6.07, 6.45) is 1.71. The highest BCUT2D eigenvalue weighted by Crippen LogP contribution is 2.29. The number of aryl methyl sites for hydroxylation is 2. The normalized spacial score (nSPS) is 10.5. The SMILES string of the molecule is Cc1cc(-c2cc(C)sc2F)ccn1. The van der Waals surface area contributed by atoms with Gasteiger partial charge in [0, 0.05) is 22.3 Å². The molecule has 0 bridgehead atoms.